The summed E-state index contributed by atoms with van der Waals surface area (Å²) in [7, 11) is -4.44. The highest BCUT2D eigenvalue weighted by Gasteiger charge is 2.55. The molecular formula is C25H44O6Si2. The monoisotopic (exact) mass is 496 g/mol. The van der Waals surface area contributed by atoms with Gasteiger partial charge in [-0.3, -0.25) is 0 Å². The Morgan fingerprint density at radius 3 is 1.85 bits per heavy atom. The van der Waals surface area contributed by atoms with E-state index in [9.17, 15) is 5.11 Å². The van der Waals surface area contributed by atoms with Gasteiger partial charge < -0.3 is 28.2 Å². The molecule has 0 aromatic heterocycles. The van der Waals surface area contributed by atoms with E-state index in [2.05, 4.69) is 67.7 Å². The zero-order valence-electron chi connectivity index (χ0n) is 22.0. The van der Waals surface area contributed by atoms with Gasteiger partial charge in [0.15, 0.2) is 29.2 Å². The number of hydrogen-bond acceptors (Lipinski definition) is 6. The molecular weight excluding hydrogens is 452 g/mol. The Morgan fingerprint density at radius 1 is 0.818 bits per heavy atom. The van der Waals surface area contributed by atoms with Crippen LogP contribution in [0.5, 0.6) is 0 Å². The number of benzene rings is 1. The lowest BCUT2D eigenvalue weighted by Gasteiger charge is -2.53. The number of rotatable bonds is 5. The van der Waals surface area contributed by atoms with Crippen molar-refractivity contribution in [3.05, 3.63) is 35.9 Å². The van der Waals surface area contributed by atoms with Gasteiger partial charge in [-0.05, 0) is 36.3 Å². The van der Waals surface area contributed by atoms with Crippen molar-refractivity contribution in [1.29, 1.82) is 0 Å². The van der Waals surface area contributed by atoms with Gasteiger partial charge in [0.2, 0.25) is 0 Å². The van der Waals surface area contributed by atoms with Gasteiger partial charge in [0.25, 0.3) is 0 Å². The van der Waals surface area contributed by atoms with Gasteiger partial charge in [-0.1, -0.05) is 71.9 Å². The average Bonchev–Trinajstić information content (AvgIpc) is 2.69. The second-order valence-corrected chi connectivity index (χ2v) is 21.9. The molecule has 1 aromatic rings. The molecule has 2 aliphatic rings. The number of aliphatic hydroxyl groups excluding tert-OH is 1. The zero-order chi connectivity index (χ0) is 24.8. The van der Waals surface area contributed by atoms with Crippen LogP contribution in [-0.2, 0) is 23.1 Å². The fourth-order valence-corrected chi connectivity index (χ4v) is 6.22. The fourth-order valence-electron chi connectivity index (χ4n) is 3.64. The molecule has 2 unspecified atom stereocenters. The first-order valence-corrected chi connectivity index (χ1v) is 17.9. The predicted molar refractivity (Wildman–Crippen MR) is 135 cm³/mol. The molecule has 0 spiro atoms. The maximum absolute atomic E-state index is 11.1. The minimum absolute atomic E-state index is 0.00270. The van der Waals surface area contributed by atoms with Crippen molar-refractivity contribution in [2.24, 2.45) is 0 Å². The molecule has 0 amide bonds. The molecule has 0 saturated carbocycles. The van der Waals surface area contributed by atoms with Crippen LogP contribution in [0.2, 0.25) is 36.3 Å². The third-order valence-electron chi connectivity index (χ3n) is 7.85. The Balaban J connectivity index is 1.96. The van der Waals surface area contributed by atoms with Gasteiger partial charge in [-0.15, -0.1) is 0 Å². The highest BCUT2D eigenvalue weighted by molar-refractivity contribution is 6.74. The average molecular weight is 497 g/mol. The quantitative estimate of drug-likeness (QED) is 0.535. The highest BCUT2D eigenvalue weighted by Crippen LogP contribution is 2.44. The van der Waals surface area contributed by atoms with E-state index in [-0.39, 0.29) is 10.1 Å². The van der Waals surface area contributed by atoms with E-state index >= 15 is 0 Å². The van der Waals surface area contributed by atoms with Crippen LogP contribution in [0, 0.1) is 0 Å². The van der Waals surface area contributed by atoms with Crippen LogP contribution in [0.3, 0.4) is 0 Å². The largest absolute Gasteiger partial charge is 0.408 e. The molecule has 33 heavy (non-hydrogen) atoms. The van der Waals surface area contributed by atoms with Crippen molar-refractivity contribution in [3.8, 4) is 0 Å². The van der Waals surface area contributed by atoms with Gasteiger partial charge in [0.05, 0.1) is 6.61 Å². The zero-order valence-corrected chi connectivity index (χ0v) is 24.0. The van der Waals surface area contributed by atoms with E-state index in [1.165, 1.54) is 0 Å². The number of ether oxygens (including phenoxy) is 3. The lowest BCUT2D eigenvalue weighted by molar-refractivity contribution is -0.350. The Labute approximate surface area is 202 Å². The molecule has 6 atom stereocenters. The van der Waals surface area contributed by atoms with E-state index in [1.807, 2.05) is 30.3 Å². The third-order valence-corrected chi connectivity index (χ3v) is 16.8. The smallest absolute Gasteiger partial charge is 0.192 e. The maximum Gasteiger partial charge on any atom is 0.192 e. The van der Waals surface area contributed by atoms with Crippen LogP contribution in [0.1, 0.15) is 53.4 Å². The summed E-state index contributed by atoms with van der Waals surface area (Å²) in [5.74, 6) is 0. The van der Waals surface area contributed by atoms with Crippen molar-refractivity contribution >= 4 is 16.6 Å². The summed E-state index contributed by atoms with van der Waals surface area (Å²) < 4.78 is 32.2. The van der Waals surface area contributed by atoms with Crippen LogP contribution >= 0.6 is 0 Å². The molecule has 1 aromatic carbocycles. The van der Waals surface area contributed by atoms with E-state index in [0.717, 1.165) is 5.56 Å². The summed E-state index contributed by atoms with van der Waals surface area (Å²) in [5.41, 5.74) is 0.954. The second-order valence-electron chi connectivity index (χ2n) is 12.4. The van der Waals surface area contributed by atoms with E-state index in [1.54, 1.807) is 0 Å². The Morgan fingerprint density at radius 2 is 1.33 bits per heavy atom. The first-order chi connectivity index (χ1) is 15.0. The Kier molecular flexibility index (Phi) is 7.74. The SMILES string of the molecule is CC(C)(C)[Si](C)(C)O[C@H]1[C@@H]2OC(c3ccccc3)OC[C@H]2OC(O)[C@@H]1O[Si](C)(C)C(C)(C)C. The topological polar surface area (TPSA) is 66.4 Å². The molecule has 0 aliphatic carbocycles. The normalized spacial score (nSPS) is 31.8. The van der Waals surface area contributed by atoms with Crippen molar-refractivity contribution in [1.82, 2.24) is 0 Å². The number of aliphatic hydroxyl groups is 1. The summed E-state index contributed by atoms with van der Waals surface area (Å²) >= 11 is 0. The van der Waals surface area contributed by atoms with Crippen molar-refractivity contribution in [2.75, 3.05) is 6.61 Å². The summed E-state index contributed by atoms with van der Waals surface area (Å²) in [6, 6.07) is 9.92. The lowest BCUT2D eigenvalue weighted by atomic mass is 9.98. The van der Waals surface area contributed by atoms with Crippen LogP contribution in [0.4, 0.5) is 0 Å². The highest BCUT2D eigenvalue weighted by atomic mass is 28.4. The lowest BCUT2D eigenvalue weighted by Crippen LogP contribution is -2.67. The van der Waals surface area contributed by atoms with Gasteiger partial charge >= 0.3 is 0 Å². The van der Waals surface area contributed by atoms with Gasteiger partial charge in [-0.2, -0.15) is 0 Å². The van der Waals surface area contributed by atoms with Gasteiger partial charge in [-0.25, -0.2) is 0 Å². The molecule has 0 radical (unpaired) electrons. The molecule has 2 heterocycles. The predicted octanol–water partition coefficient (Wildman–Crippen LogP) is 5.60. The maximum atomic E-state index is 11.1. The summed E-state index contributed by atoms with van der Waals surface area (Å²) in [5, 5.41) is 11.1. The summed E-state index contributed by atoms with van der Waals surface area (Å²) in [4.78, 5) is 0. The second kappa shape index (κ2) is 9.46. The molecule has 8 heteroatoms. The van der Waals surface area contributed by atoms with Crippen LogP contribution < -0.4 is 0 Å². The van der Waals surface area contributed by atoms with Crippen LogP contribution in [0.25, 0.3) is 0 Å². The molecule has 2 saturated heterocycles. The van der Waals surface area contributed by atoms with E-state index in [0.29, 0.717) is 6.61 Å². The van der Waals surface area contributed by atoms with Crippen molar-refractivity contribution in [3.63, 3.8) is 0 Å². The molecule has 2 aliphatic heterocycles. The molecule has 0 bridgehead atoms. The molecule has 188 valence electrons. The fraction of sp³-hybridized carbons (Fsp3) is 0.760. The minimum Gasteiger partial charge on any atom is -0.408 e. The van der Waals surface area contributed by atoms with Gasteiger partial charge in [0, 0.05) is 5.56 Å². The van der Waals surface area contributed by atoms with E-state index in [4.69, 9.17) is 23.1 Å². The minimum atomic E-state index is -2.23. The van der Waals surface area contributed by atoms with Crippen LogP contribution in [-0.4, -0.2) is 59.1 Å². The Bertz CT molecular complexity index is 786. The molecule has 2 fully saturated rings. The number of fused-ring (bicyclic) bond motifs is 1. The summed E-state index contributed by atoms with van der Waals surface area (Å²) in [6.45, 7) is 22.4. The summed E-state index contributed by atoms with van der Waals surface area (Å²) in [6.07, 6.45) is -3.52. The molecule has 1 N–H and O–H groups in total. The van der Waals surface area contributed by atoms with Crippen molar-refractivity contribution < 1.29 is 28.2 Å². The van der Waals surface area contributed by atoms with E-state index < -0.39 is 53.6 Å². The first kappa shape index (κ1) is 27.0. The standard InChI is InChI=1S/C25H44O6Si2/c1-24(2,3)32(7,8)30-20-19-18(16-27-23(29-19)17-14-12-11-13-15-17)28-22(26)21(20)31-33(9,10)25(4,5)6/h11-15,18-23,26H,16H2,1-10H3/t18-,19-,20+,21-,22?,23?/m1/s1. The first-order valence-electron chi connectivity index (χ1n) is 12.0. The third kappa shape index (κ3) is 5.81. The van der Waals surface area contributed by atoms with Gasteiger partial charge in [0.1, 0.15) is 24.4 Å². The molecule has 6 nitrogen and oxygen atoms in total. The van der Waals surface area contributed by atoms with Crippen molar-refractivity contribution in [2.45, 2.75) is 115 Å². The molecule has 3 rings (SSSR count). The van der Waals surface area contributed by atoms with Crippen LogP contribution in [0.15, 0.2) is 30.3 Å². The Hall–Kier alpha value is -0.586. The number of hydrogen-bond donors (Lipinski definition) is 1.